The lowest BCUT2D eigenvalue weighted by atomic mass is 9.79. The summed E-state index contributed by atoms with van der Waals surface area (Å²) in [6.07, 6.45) is 22.2. The van der Waals surface area contributed by atoms with E-state index >= 15 is 0 Å². The molecule has 15 nitrogen and oxygen atoms in total. The minimum atomic E-state index is -1.79. The highest BCUT2D eigenvalue weighted by atomic mass is 16.6. The van der Waals surface area contributed by atoms with E-state index in [4.69, 9.17) is 43.9 Å². The van der Waals surface area contributed by atoms with Gasteiger partial charge in [0, 0.05) is 56.1 Å². The molecule has 4 fully saturated rings. The Bertz CT molecular complexity index is 2220. The summed E-state index contributed by atoms with van der Waals surface area (Å²) in [5, 5.41) is 53.5. The van der Waals surface area contributed by atoms with Gasteiger partial charge in [-0.25, -0.2) is 14.8 Å². The third-order valence-corrected chi connectivity index (χ3v) is 13.8. The topological polar surface area (TPSA) is 216 Å². The van der Waals surface area contributed by atoms with Crippen LogP contribution in [0, 0.1) is 36.0 Å². The van der Waals surface area contributed by atoms with Gasteiger partial charge in [-0.15, -0.1) is 12.3 Å². The Hall–Kier alpha value is -4.47. The lowest BCUT2D eigenvalue weighted by Crippen LogP contribution is -2.50. The molecule has 7 rings (SSSR count). The maximum atomic E-state index is 13.5. The molecule has 2 aromatic rings. The number of fused-ring (bicyclic) bond motifs is 9. The van der Waals surface area contributed by atoms with Crippen molar-refractivity contribution < 1.29 is 62.8 Å². The smallest absolute Gasteiger partial charge is 0.330 e. The van der Waals surface area contributed by atoms with Crippen molar-refractivity contribution in [2.24, 2.45) is 23.7 Å². The second-order valence-corrected chi connectivity index (χ2v) is 19.7. The minimum Gasteiger partial charge on any atom is -0.458 e. The Labute approximate surface area is 399 Å². The number of ether oxygens (including phenoxy) is 5. The quantitative estimate of drug-likeness (QED) is 0.0688. The first-order valence-corrected chi connectivity index (χ1v) is 24.1. The molecule has 8 bridgehead atoms. The van der Waals surface area contributed by atoms with Crippen molar-refractivity contribution in [3.05, 3.63) is 95.4 Å². The standard InChI is InChI=1S/C53H70N2O13/c1-7-10-36(27-56)16-15-31(2)19-44(59)47-21-37(28-57)25-53(61,68-47)26-49-54-38(29-62-49)20-33(4)51-35(6)52-34(5)45(66-51)12-9-13-48-55-43(30-63-48)46-23-39(58)22-42(65-46)24-41-18-32(3)17-40(64-41)11-8-14-50(60)67-52/h1,8-9,13-16,19-20,29-30,34-37,39-42,44-47,51-52,56-59,61H,3,10-12,17-18,21-28H2,2,4-6H3/b13-9+,14-8-,16-15+,31-19+,33-20+/t34-,35-,36+,37+,39+,40-,41+,42-,44+,45+,46+,47+,51-,52-,53-/m0/s1. The molecule has 370 valence electrons. The van der Waals surface area contributed by atoms with Crippen LogP contribution in [-0.4, -0.2) is 115 Å². The van der Waals surface area contributed by atoms with E-state index in [1.165, 1.54) is 12.3 Å². The molecule has 4 saturated heterocycles. The maximum absolute atomic E-state index is 13.5. The second-order valence-electron chi connectivity index (χ2n) is 19.7. The van der Waals surface area contributed by atoms with Crippen molar-refractivity contribution >= 4 is 18.1 Å². The fraction of sp³-hybridized carbons (Fsp3) is 0.604. The third kappa shape index (κ3) is 13.6. The summed E-state index contributed by atoms with van der Waals surface area (Å²) < 4.78 is 43.8. The molecule has 5 aliphatic rings. The van der Waals surface area contributed by atoms with Crippen molar-refractivity contribution in [2.75, 3.05) is 13.2 Å². The maximum Gasteiger partial charge on any atom is 0.330 e. The van der Waals surface area contributed by atoms with E-state index in [-0.39, 0.29) is 80.0 Å². The van der Waals surface area contributed by atoms with E-state index in [1.807, 2.05) is 32.9 Å². The zero-order valence-electron chi connectivity index (χ0n) is 39.7. The Kier molecular flexibility index (Phi) is 17.7. The molecule has 0 radical (unpaired) electrons. The number of esters is 1. The molecule has 0 unspecified atom stereocenters. The largest absolute Gasteiger partial charge is 0.458 e. The van der Waals surface area contributed by atoms with E-state index < -0.39 is 48.4 Å². The van der Waals surface area contributed by atoms with Gasteiger partial charge < -0.3 is 58.1 Å². The summed E-state index contributed by atoms with van der Waals surface area (Å²) in [5.74, 6) is -0.127. The highest BCUT2D eigenvalue weighted by Gasteiger charge is 2.45. The number of allylic oxidation sites excluding steroid dienone is 2. The number of aliphatic hydroxyl groups is 5. The molecule has 0 aromatic carbocycles. The Morgan fingerprint density at radius 2 is 1.78 bits per heavy atom. The molecule has 7 heterocycles. The van der Waals surface area contributed by atoms with Gasteiger partial charge in [0.25, 0.3) is 0 Å². The van der Waals surface area contributed by atoms with Crippen LogP contribution in [0.2, 0.25) is 0 Å². The SMILES string of the molecule is C#CC[C@H](/C=C/C(C)=C/[C@@H](O)[C@H]1C[C@@H](CO)C[C@@](O)(Cc2nc(/C=C(\C)[C@@H]3O[C@@H]4C/C=C/c5nc(co5)[C@H]5C[C@H](O)C[C@@H](C[C@H]6CC(=C)C[C@H](C/C=C\C(=O)O[C@@H]([C@H]4C)[C@H]3C)O6)O5)co2)O1)CO. The number of rotatable bonds is 11. The lowest BCUT2D eigenvalue weighted by molar-refractivity contribution is -0.279. The molecule has 68 heavy (non-hydrogen) atoms. The molecule has 2 aromatic heterocycles. The number of hydrogen-bond acceptors (Lipinski definition) is 15. The normalized spacial score (nSPS) is 36.2. The van der Waals surface area contributed by atoms with Crippen molar-refractivity contribution in [1.29, 1.82) is 0 Å². The summed E-state index contributed by atoms with van der Waals surface area (Å²) in [6.45, 7) is 11.7. The number of terminal acetylenes is 1. The monoisotopic (exact) mass is 942 g/mol. The zero-order chi connectivity index (χ0) is 48.5. The first-order valence-electron chi connectivity index (χ1n) is 24.1. The van der Waals surface area contributed by atoms with Gasteiger partial charge >= 0.3 is 5.97 Å². The molecular weight excluding hydrogens is 873 g/mol. The van der Waals surface area contributed by atoms with E-state index in [0.29, 0.717) is 75.1 Å². The van der Waals surface area contributed by atoms with Crippen LogP contribution < -0.4 is 0 Å². The summed E-state index contributed by atoms with van der Waals surface area (Å²) in [6, 6.07) is 0. The fourth-order valence-electron chi connectivity index (χ4n) is 10.4. The van der Waals surface area contributed by atoms with Gasteiger partial charge in [0.15, 0.2) is 11.7 Å². The molecule has 0 spiro atoms. The average molecular weight is 943 g/mol. The highest BCUT2D eigenvalue weighted by molar-refractivity contribution is 5.82. The van der Waals surface area contributed by atoms with Gasteiger partial charge in [-0.3, -0.25) is 0 Å². The number of aliphatic hydroxyl groups excluding tert-OH is 4. The molecule has 5 aliphatic heterocycles. The van der Waals surface area contributed by atoms with Gasteiger partial charge in [0.1, 0.15) is 36.1 Å². The van der Waals surface area contributed by atoms with Crippen LogP contribution in [0.1, 0.15) is 121 Å². The van der Waals surface area contributed by atoms with Gasteiger partial charge in [-0.05, 0) is 76.0 Å². The van der Waals surface area contributed by atoms with Gasteiger partial charge in [0.05, 0.1) is 61.9 Å². The van der Waals surface area contributed by atoms with Crippen molar-refractivity contribution in [1.82, 2.24) is 9.97 Å². The number of carbonyl (C=O) groups is 1. The fourth-order valence-corrected chi connectivity index (χ4v) is 10.4. The van der Waals surface area contributed by atoms with Crippen LogP contribution in [0.4, 0.5) is 0 Å². The van der Waals surface area contributed by atoms with Crippen LogP contribution in [0.15, 0.2) is 81.1 Å². The Balaban J connectivity index is 1.07. The Morgan fingerprint density at radius 3 is 2.56 bits per heavy atom. The van der Waals surface area contributed by atoms with E-state index in [2.05, 4.69) is 17.5 Å². The summed E-state index contributed by atoms with van der Waals surface area (Å²) in [7, 11) is 0. The Morgan fingerprint density at radius 1 is 0.985 bits per heavy atom. The van der Waals surface area contributed by atoms with E-state index in [1.54, 1.807) is 43.6 Å². The molecule has 15 atom stereocenters. The predicted octanol–water partition coefficient (Wildman–Crippen LogP) is 6.67. The third-order valence-electron chi connectivity index (χ3n) is 13.8. The number of carbonyl (C=O) groups excluding carboxylic acids is 1. The van der Waals surface area contributed by atoms with Crippen LogP contribution in [0.3, 0.4) is 0 Å². The molecular formula is C53H70N2O13. The van der Waals surface area contributed by atoms with Crippen LogP contribution in [-0.2, 0) is 34.9 Å². The molecule has 15 heteroatoms. The van der Waals surface area contributed by atoms with Crippen molar-refractivity contribution in [3.63, 3.8) is 0 Å². The second kappa shape index (κ2) is 23.4. The van der Waals surface area contributed by atoms with Crippen LogP contribution >= 0.6 is 0 Å². The van der Waals surface area contributed by atoms with Gasteiger partial charge in [0.2, 0.25) is 5.89 Å². The van der Waals surface area contributed by atoms with Gasteiger partial charge in [-0.1, -0.05) is 62.0 Å². The van der Waals surface area contributed by atoms with E-state index in [9.17, 15) is 30.3 Å². The lowest BCUT2D eigenvalue weighted by Gasteiger charge is -2.44. The highest BCUT2D eigenvalue weighted by Crippen LogP contribution is 2.40. The van der Waals surface area contributed by atoms with Crippen LogP contribution in [0.5, 0.6) is 0 Å². The number of hydrogen-bond donors (Lipinski definition) is 5. The summed E-state index contributed by atoms with van der Waals surface area (Å²) in [5.41, 5.74) is 3.70. The number of oxazole rings is 2. The molecule has 5 N–H and O–H groups in total. The van der Waals surface area contributed by atoms with Crippen molar-refractivity contribution in [3.8, 4) is 12.3 Å². The molecule has 0 saturated carbocycles. The zero-order valence-corrected chi connectivity index (χ0v) is 39.7. The first kappa shape index (κ1) is 51.4. The van der Waals surface area contributed by atoms with Crippen molar-refractivity contribution in [2.45, 2.75) is 165 Å². The van der Waals surface area contributed by atoms with Gasteiger partial charge in [-0.2, -0.15) is 0 Å². The first-order chi connectivity index (χ1) is 32.6. The average Bonchev–Trinajstić information content (AvgIpc) is 3.95. The van der Waals surface area contributed by atoms with E-state index in [0.717, 1.165) is 16.7 Å². The number of aromatic nitrogens is 2. The number of nitrogens with zero attached hydrogens (tertiary/aromatic N) is 2. The predicted molar refractivity (Wildman–Crippen MR) is 252 cm³/mol. The molecule has 0 aliphatic carbocycles. The summed E-state index contributed by atoms with van der Waals surface area (Å²) in [4.78, 5) is 22.9. The van der Waals surface area contributed by atoms with Crippen LogP contribution in [0.25, 0.3) is 12.2 Å². The summed E-state index contributed by atoms with van der Waals surface area (Å²) >= 11 is 0. The molecule has 0 amide bonds. The minimum absolute atomic E-state index is 0.0969.